The van der Waals surface area contributed by atoms with Crippen LogP contribution in [0, 0.1) is 0 Å². The highest BCUT2D eigenvalue weighted by Crippen LogP contribution is 2.21. The highest BCUT2D eigenvalue weighted by Gasteiger charge is 2.26. The molecule has 1 aromatic heterocycles. The molecule has 0 spiro atoms. The van der Waals surface area contributed by atoms with E-state index in [2.05, 4.69) is 4.98 Å². The number of hydrogen-bond donors (Lipinski definition) is 1. The third-order valence-corrected chi connectivity index (χ3v) is 2.14. The summed E-state index contributed by atoms with van der Waals surface area (Å²) in [5.41, 5.74) is 6.48. The van der Waals surface area contributed by atoms with E-state index in [-0.39, 0.29) is 19.1 Å². The highest BCUT2D eigenvalue weighted by molar-refractivity contribution is 5.19. The van der Waals surface area contributed by atoms with Crippen LogP contribution in [0.25, 0.3) is 0 Å². The van der Waals surface area contributed by atoms with E-state index in [1.807, 2.05) is 6.92 Å². The number of alkyl halides is 3. The van der Waals surface area contributed by atoms with Gasteiger partial charge >= 0.3 is 6.18 Å². The highest BCUT2D eigenvalue weighted by atomic mass is 19.4. The molecule has 0 radical (unpaired) electrons. The minimum atomic E-state index is -4.13. The molecule has 0 fully saturated rings. The molecule has 96 valence electrons. The van der Waals surface area contributed by atoms with Crippen LogP contribution in [0.5, 0.6) is 5.88 Å². The van der Waals surface area contributed by atoms with Gasteiger partial charge in [-0.1, -0.05) is 6.07 Å². The minimum Gasteiger partial charge on any atom is -0.478 e. The monoisotopic (exact) mass is 248 g/mol. The summed E-state index contributed by atoms with van der Waals surface area (Å²) >= 11 is 0. The van der Waals surface area contributed by atoms with Gasteiger partial charge in [0.2, 0.25) is 5.88 Å². The summed E-state index contributed by atoms with van der Waals surface area (Å²) in [7, 11) is 0. The van der Waals surface area contributed by atoms with Gasteiger partial charge in [-0.05, 0) is 18.9 Å². The zero-order chi connectivity index (χ0) is 12.9. The van der Waals surface area contributed by atoms with Crippen molar-refractivity contribution in [1.82, 2.24) is 4.98 Å². The van der Waals surface area contributed by atoms with Crippen molar-refractivity contribution in [3.8, 4) is 5.88 Å². The van der Waals surface area contributed by atoms with E-state index in [9.17, 15) is 13.2 Å². The van der Waals surface area contributed by atoms with Crippen LogP contribution in [-0.2, 0) is 0 Å². The zero-order valence-electron chi connectivity index (χ0n) is 9.50. The lowest BCUT2D eigenvalue weighted by Gasteiger charge is -2.09. The minimum absolute atomic E-state index is 0.00400. The molecule has 0 aliphatic heterocycles. The Labute approximate surface area is 97.8 Å². The number of ether oxygens (including phenoxy) is 1. The molecule has 0 aliphatic carbocycles. The molecular weight excluding hydrogens is 233 g/mol. The lowest BCUT2D eigenvalue weighted by Crippen LogP contribution is -2.10. The predicted octanol–water partition coefficient (Wildman–Crippen LogP) is 2.82. The van der Waals surface area contributed by atoms with Crippen molar-refractivity contribution < 1.29 is 17.9 Å². The van der Waals surface area contributed by atoms with E-state index in [0.29, 0.717) is 5.88 Å². The smallest absolute Gasteiger partial charge is 0.389 e. The molecule has 17 heavy (non-hydrogen) atoms. The second kappa shape index (κ2) is 5.86. The maximum atomic E-state index is 11.8. The van der Waals surface area contributed by atoms with Gasteiger partial charge < -0.3 is 10.5 Å². The fraction of sp³-hybridized carbons (Fsp3) is 0.545. The number of nitrogens with zero attached hydrogens (tertiary/aromatic N) is 1. The number of aromatic nitrogens is 1. The molecule has 0 saturated carbocycles. The third kappa shape index (κ3) is 5.53. The maximum Gasteiger partial charge on any atom is 0.389 e. The molecule has 3 nitrogen and oxygen atoms in total. The first kappa shape index (κ1) is 13.8. The number of rotatable bonds is 5. The summed E-state index contributed by atoms with van der Waals surface area (Å²) in [6.45, 7) is 1.82. The number of pyridine rings is 1. The van der Waals surface area contributed by atoms with Crippen LogP contribution in [0.1, 0.15) is 31.4 Å². The van der Waals surface area contributed by atoms with Gasteiger partial charge in [0, 0.05) is 24.7 Å². The fourth-order valence-electron chi connectivity index (χ4n) is 1.20. The lowest BCUT2D eigenvalue weighted by molar-refractivity contribution is -0.136. The molecule has 1 heterocycles. The van der Waals surface area contributed by atoms with E-state index < -0.39 is 12.6 Å². The normalized spacial score (nSPS) is 13.5. The number of hydrogen-bond acceptors (Lipinski definition) is 3. The topological polar surface area (TPSA) is 48.1 Å². The molecule has 1 atom stereocenters. The second-order valence-electron chi connectivity index (χ2n) is 3.79. The van der Waals surface area contributed by atoms with Crippen molar-refractivity contribution in [2.45, 2.75) is 32.0 Å². The SMILES string of the molecule is C[C@H](N)c1ccc(OCCCC(F)(F)F)nc1. The molecule has 0 aromatic carbocycles. The molecule has 1 rings (SSSR count). The Morgan fingerprint density at radius 2 is 2.12 bits per heavy atom. The summed E-state index contributed by atoms with van der Waals surface area (Å²) in [5, 5.41) is 0. The van der Waals surface area contributed by atoms with Crippen LogP contribution in [0.4, 0.5) is 13.2 Å². The van der Waals surface area contributed by atoms with Gasteiger partial charge in [0.15, 0.2) is 0 Å². The van der Waals surface area contributed by atoms with E-state index in [1.165, 1.54) is 0 Å². The Morgan fingerprint density at radius 1 is 1.41 bits per heavy atom. The van der Waals surface area contributed by atoms with E-state index in [0.717, 1.165) is 5.56 Å². The van der Waals surface area contributed by atoms with Crippen molar-refractivity contribution in [1.29, 1.82) is 0 Å². The summed E-state index contributed by atoms with van der Waals surface area (Å²) in [5.74, 6) is 0.316. The summed E-state index contributed by atoms with van der Waals surface area (Å²) in [6.07, 6.45) is -3.48. The Morgan fingerprint density at radius 3 is 2.59 bits per heavy atom. The standard InChI is InChI=1S/C11H15F3N2O/c1-8(15)9-3-4-10(16-7-9)17-6-2-5-11(12,13)14/h3-4,7-8H,2,5-6,15H2,1H3/t8-/m0/s1. The van der Waals surface area contributed by atoms with Crippen LogP contribution < -0.4 is 10.5 Å². The van der Waals surface area contributed by atoms with Crippen molar-refractivity contribution >= 4 is 0 Å². The zero-order valence-corrected chi connectivity index (χ0v) is 9.50. The summed E-state index contributed by atoms with van der Waals surface area (Å²) in [6, 6.07) is 3.23. The molecule has 6 heteroatoms. The van der Waals surface area contributed by atoms with E-state index in [4.69, 9.17) is 10.5 Å². The Hall–Kier alpha value is -1.30. The first-order valence-electron chi connectivity index (χ1n) is 5.29. The maximum absolute atomic E-state index is 11.8. The predicted molar refractivity (Wildman–Crippen MR) is 57.6 cm³/mol. The molecule has 0 unspecified atom stereocenters. The quantitative estimate of drug-likeness (QED) is 0.815. The van der Waals surface area contributed by atoms with Gasteiger partial charge in [-0.15, -0.1) is 0 Å². The summed E-state index contributed by atoms with van der Waals surface area (Å²) < 4.78 is 40.6. The molecule has 2 N–H and O–H groups in total. The average molecular weight is 248 g/mol. The second-order valence-corrected chi connectivity index (χ2v) is 3.79. The summed E-state index contributed by atoms with van der Waals surface area (Å²) in [4.78, 5) is 3.95. The largest absolute Gasteiger partial charge is 0.478 e. The number of halogens is 3. The third-order valence-electron chi connectivity index (χ3n) is 2.14. The molecule has 0 saturated heterocycles. The number of nitrogens with two attached hydrogens (primary N) is 1. The molecule has 1 aromatic rings. The molecule has 0 aliphatic rings. The Kier molecular flexibility index (Phi) is 4.74. The molecule has 0 bridgehead atoms. The van der Waals surface area contributed by atoms with Gasteiger partial charge in [-0.3, -0.25) is 0 Å². The van der Waals surface area contributed by atoms with Crippen LogP contribution in [-0.4, -0.2) is 17.8 Å². The van der Waals surface area contributed by atoms with Crippen LogP contribution in [0.2, 0.25) is 0 Å². The van der Waals surface area contributed by atoms with E-state index >= 15 is 0 Å². The molecule has 0 amide bonds. The van der Waals surface area contributed by atoms with E-state index in [1.54, 1.807) is 18.3 Å². The van der Waals surface area contributed by atoms with Crippen molar-refractivity contribution in [2.24, 2.45) is 5.73 Å². The van der Waals surface area contributed by atoms with Crippen LogP contribution in [0.15, 0.2) is 18.3 Å². The van der Waals surface area contributed by atoms with Crippen molar-refractivity contribution in [3.63, 3.8) is 0 Å². The van der Waals surface area contributed by atoms with Crippen LogP contribution >= 0.6 is 0 Å². The van der Waals surface area contributed by atoms with Crippen LogP contribution in [0.3, 0.4) is 0 Å². The first-order valence-corrected chi connectivity index (χ1v) is 5.29. The first-order chi connectivity index (χ1) is 7.88. The van der Waals surface area contributed by atoms with Gasteiger partial charge in [0.05, 0.1) is 6.61 Å². The van der Waals surface area contributed by atoms with Crippen molar-refractivity contribution in [3.05, 3.63) is 23.9 Å². The van der Waals surface area contributed by atoms with Gasteiger partial charge in [-0.2, -0.15) is 13.2 Å². The Bertz CT molecular complexity index is 336. The van der Waals surface area contributed by atoms with Gasteiger partial charge in [0.1, 0.15) is 0 Å². The average Bonchev–Trinajstić information content (AvgIpc) is 2.24. The fourth-order valence-corrected chi connectivity index (χ4v) is 1.20. The Balaban J connectivity index is 2.33. The lowest BCUT2D eigenvalue weighted by atomic mass is 10.2. The van der Waals surface area contributed by atoms with Gasteiger partial charge in [-0.25, -0.2) is 4.98 Å². The molecular formula is C11H15F3N2O. The van der Waals surface area contributed by atoms with Crippen molar-refractivity contribution in [2.75, 3.05) is 6.61 Å². The van der Waals surface area contributed by atoms with Gasteiger partial charge in [0.25, 0.3) is 0 Å².